The second-order valence-corrected chi connectivity index (χ2v) is 3.87. The van der Waals surface area contributed by atoms with Crippen LogP contribution in [0, 0.1) is 16.2 Å². The lowest BCUT2D eigenvalue weighted by atomic mass is 10.1. The fourth-order valence-corrected chi connectivity index (χ4v) is 1.51. The molecule has 0 fully saturated rings. The minimum absolute atomic E-state index is 0.0261. The van der Waals surface area contributed by atoms with Gasteiger partial charge in [0.1, 0.15) is 11.4 Å². The molecule has 0 bridgehead atoms. The van der Waals surface area contributed by atoms with Gasteiger partial charge in [-0.05, 0) is 29.4 Å². The van der Waals surface area contributed by atoms with E-state index in [2.05, 4.69) is 10.2 Å². The summed E-state index contributed by atoms with van der Waals surface area (Å²) in [6.07, 6.45) is -3.61. The van der Waals surface area contributed by atoms with Gasteiger partial charge in [0.05, 0.1) is 23.4 Å². The minimum Gasteiger partial charge on any atom is -0.438 e. The van der Waals surface area contributed by atoms with Gasteiger partial charge in [0.15, 0.2) is 0 Å². The van der Waals surface area contributed by atoms with Crippen LogP contribution in [0.25, 0.3) is 0 Å². The number of aromatic nitrogens is 1. The Balaban J connectivity index is 2.39. The molecule has 0 aliphatic heterocycles. The number of halogens is 3. The average Bonchev–Trinajstić information content (AvgIpc) is 2.47. The highest BCUT2D eigenvalue weighted by atomic mass is 19.4. The quantitative estimate of drug-likeness (QED) is 0.796. The Kier molecular flexibility index (Phi) is 3.84. The number of nitrogens with zero attached hydrogens (tertiary/aromatic N) is 3. The molecule has 5 nitrogen and oxygen atoms in total. The van der Waals surface area contributed by atoms with E-state index in [0.717, 1.165) is 12.3 Å². The zero-order valence-electron chi connectivity index (χ0n) is 10.3. The summed E-state index contributed by atoms with van der Waals surface area (Å²) in [5.41, 5.74) is -1.19. The smallest absolute Gasteiger partial charge is 0.420 e. The van der Waals surface area contributed by atoms with Crippen molar-refractivity contribution >= 4 is 5.69 Å². The topological polar surface area (TPSA) is 75.3 Å². The van der Waals surface area contributed by atoms with Gasteiger partial charge in [-0.25, -0.2) is 4.98 Å². The molecule has 0 unspecified atom stereocenters. The molecule has 1 aromatic carbocycles. The molecule has 0 spiro atoms. The minimum atomic E-state index is -4.67. The van der Waals surface area contributed by atoms with E-state index in [1.165, 1.54) is 18.2 Å². The number of hydrogen-bond acceptors (Lipinski definition) is 5. The molecule has 0 atom stereocenters. The summed E-state index contributed by atoms with van der Waals surface area (Å²) < 4.78 is 43.8. The van der Waals surface area contributed by atoms with Crippen LogP contribution in [0.3, 0.4) is 0 Å². The van der Waals surface area contributed by atoms with E-state index in [9.17, 15) is 18.1 Å². The van der Waals surface area contributed by atoms with Crippen molar-refractivity contribution < 1.29 is 17.9 Å². The highest BCUT2D eigenvalue weighted by Crippen LogP contribution is 2.38. The monoisotopic (exact) mass is 293 g/mol. The maximum Gasteiger partial charge on any atom is 0.420 e. The molecule has 0 aliphatic rings. The summed E-state index contributed by atoms with van der Waals surface area (Å²) in [6, 6.07) is 7.03. The first-order valence-electron chi connectivity index (χ1n) is 5.52. The third kappa shape index (κ3) is 3.33. The molecular weight excluding hydrogens is 287 g/mol. The number of nitriles is 1. The van der Waals surface area contributed by atoms with Crippen molar-refractivity contribution in [1.29, 1.82) is 5.26 Å². The molecule has 0 amide bonds. The van der Waals surface area contributed by atoms with Gasteiger partial charge in [-0.1, -0.05) is 0 Å². The predicted molar refractivity (Wildman–Crippen MR) is 65.9 cm³/mol. The van der Waals surface area contributed by atoms with E-state index in [1.54, 1.807) is 6.07 Å². The molecule has 106 valence electrons. The lowest BCUT2D eigenvalue weighted by Crippen LogP contribution is -2.07. The highest BCUT2D eigenvalue weighted by Gasteiger charge is 2.35. The largest absolute Gasteiger partial charge is 0.438 e. The van der Waals surface area contributed by atoms with Crippen LogP contribution in [0.2, 0.25) is 0 Å². The zero-order valence-corrected chi connectivity index (χ0v) is 10.3. The van der Waals surface area contributed by atoms with Crippen molar-refractivity contribution in [3.05, 3.63) is 52.6 Å². The summed E-state index contributed by atoms with van der Waals surface area (Å²) >= 11 is 0. The first kappa shape index (κ1) is 14.5. The van der Waals surface area contributed by atoms with Crippen molar-refractivity contribution in [3.63, 3.8) is 0 Å². The highest BCUT2D eigenvalue weighted by molar-refractivity contribution is 5.45. The molecule has 8 heteroatoms. The maximum absolute atomic E-state index is 12.9. The van der Waals surface area contributed by atoms with Crippen LogP contribution in [0.15, 0.2) is 41.7 Å². The van der Waals surface area contributed by atoms with Crippen LogP contribution in [-0.4, -0.2) is 4.98 Å². The Bertz CT molecular complexity index is 706. The van der Waals surface area contributed by atoms with Crippen LogP contribution >= 0.6 is 0 Å². The number of pyridine rings is 1. The van der Waals surface area contributed by atoms with Crippen LogP contribution < -0.4 is 4.74 Å². The Hall–Kier alpha value is -2.95. The van der Waals surface area contributed by atoms with Gasteiger partial charge in [-0.2, -0.15) is 18.4 Å². The number of hydrogen-bond donors (Lipinski definition) is 0. The van der Waals surface area contributed by atoms with Gasteiger partial charge in [0, 0.05) is 6.07 Å². The van der Waals surface area contributed by atoms with Crippen LogP contribution in [0.4, 0.5) is 18.9 Å². The first-order valence-corrected chi connectivity index (χ1v) is 5.52. The molecule has 0 N–H and O–H groups in total. The fourth-order valence-electron chi connectivity index (χ4n) is 1.51. The third-order valence-electron chi connectivity index (χ3n) is 2.45. The van der Waals surface area contributed by atoms with Gasteiger partial charge in [-0.3, -0.25) is 0 Å². The summed E-state index contributed by atoms with van der Waals surface area (Å²) in [5.74, 6) is -0.613. The molecule has 2 aromatic rings. The van der Waals surface area contributed by atoms with Gasteiger partial charge in [-0.15, -0.1) is 4.91 Å². The summed E-state index contributed by atoms with van der Waals surface area (Å²) in [4.78, 5) is 13.9. The number of alkyl halides is 3. The van der Waals surface area contributed by atoms with E-state index >= 15 is 0 Å². The van der Waals surface area contributed by atoms with E-state index < -0.39 is 17.5 Å². The van der Waals surface area contributed by atoms with E-state index in [0.29, 0.717) is 6.07 Å². The number of nitroso groups, excluding NO2 is 1. The average molecular weight is 293 g/mol. The molecule has 1 heterocycles. The van der Waals surface area contributed by atoms with E-state index in [-0.39, 0.29) is 17.1 Å². The Morgan fingerprint density at radius 3 is 2.52 bits per heavy atom. The normalized spacial score (nSPS) is 10.8. The van der Waals surface area contributed by atoms with Crippen molar-refractivity contribution in [3.8, 4) is 17.7 Å². The van der Waals surface area contributed by atoms with Gasteiger partial charge >= 0.3 is 6.18 Å². The number of ether oxygens (including phenoxy) is 1. The second kappa shape index (κ2) is 5.58. The molecule has 1 aromatic heterocycles. The first-order chi connectivity index (χ1) is 9.94. The predicted octanol–water partition coefficient (Wildman–Crippen LogP) is 4.16. The number of benzene rings is 1. The van der Waals surface area contributed by atoms with Crippen molar-refractivity contribution in [2.24, 2.45) is 5.18 Å². The lowest BCUT2D eigenvalue weighted by molar-refractivity contribution is -0.138. The van der Waals surface area contributed by atoms with Crippen molar-refractivity contribution in [2.45, 2.75) is 6.18 Å². The van der Waals surface area contributed by atoms with Gasteiger partial charge in [0.25, 0.3) is 0 Å². The third-order valence-corrected chi connectivity index (χ3v) is 2.45. The standard InChI is InChI=1S/C13H6F3N3O2/c14-13(15,16)10-5-8(6-17)1-3-11(10)21-12-4-2-9(19-20)7-18-12/h1-5,7H. The molecule has 0 saturated heterocycles. The SMILES string of the molecule is N#Cc1ccc(Oc2ccc(N=O)cn2)c(C(F)(F)F)c1. The van der Waals surface area contributed by atoms with E-state index in [1.807, 2.05) is 0 Å². The molecule has 21 heavy (non-hydrogen) atoms. The zero-order chi connectivity index (χ0) is 15.5. The van der Waals surface area contributed by atoms with Crippen molar-refractivity contribution in [1.82, 2.24) is 4.98 Å². The Labute approximate surface area is 116 Å². The maximum atomic E-state index is 12.9. The van der Waals surface area contributed by atoms with Crippen LogP contribution in [0.1, 0.15) is 11.1 Å². The summed E-state index contributed by atoms with van der Waals surface area (Å²) in [7, 11) is 0. The van der Waals surface area contributed by atoms with Gasteiger partial charge < -0.3 is 4.74 Å². The molecule has 0 radical (unpaired) electrons. The van der Waals surface area contributed by atoms with Crippen LogP contribution in [-0.2, 0) is 6.18 Å². The lowest BCUT2D eigenvalue weighted by Gasteiger charge is -2.13. The van der Waals surface area contributed by atoms with Gasteiger partial charge in [0.2, 0.25) is 5.88 Å². The van der Waals surface area contributed by atoms with Crippen molar-refractivity contribution in [2.75, 3.05) is 0 Å². The second-order valence-electron chi connectivity index (χ2n) is 3.87. The van der Waals surface area contributed by atoms with Crippen LogP contribution in [0.5, 0.6) is 11.6 Å². The molecule has 0 aliphatic carbocycles. The Morgan fingerprint density at radius 2 is 2.00 bits per heavy atom. The number of rotatable bonds is 3. The molecule has 2 rings (SSSR count). The fraction of sp³-hybridized carbons (Fsp3) is 0.0769. The molecular formula is C13H6F3N3O2. The summed E-state index contributed by atoms with van der Waals surface area (Å²) in [5, 5.41) is 11.3. The Morgan fingerprint density at radius 1 is 1.24 bits per heavy atom. The van der Waals surface area contributed by atoms with E-state index in [4.69, 9.17) is 10.00 Å². The molecule has 0 saturated carbocycles. The summed E-state index contributed by atoms with van der Waals surface area (Å²) in [6.45, 7) is 0.